The quantitative estimate of drug-likeness (QED) is 0.716. The number of sulfone groups is 1. The Hall–Kier alpha value is -2.67. The van der Waals surface area contributed by atoms with Crippen molar-refractivity contribution in [2.45, 2.75) is 25.3 Å². The van der Waals surface area contributed by atoms with Crippen molar-refractivity contribution in [3.8, 4) is 0 Å². The maximum atomic E-state index is 12.4. The summed E-state index contributed by atoms with van der Waals surface area (Å²) in [6, 6.07) is 16.8. The smallest absolute Gasteiger partial charge is 0.338 e. The fourth-order valence-corrected chi connectivity index (χ4v) is 4.92. The van der Waals surface area contributed by atoms with Crippen LogP contribution in [0.1, 0.15) is 27.9 Å². The lowest BCUT2D eigenvalue weighted by Gasteiger charge is -2.12. The van der Waals surface area contributed by atoms with Gasteiger partial charge < -0.3 is 10.1 Å². The lowest BCUT2D eigenvalue weighted by Crippen LogP contribution is -2.38. The van der Waals surface area contributed by atoms with Crippen LogP contribution >= 0.6 is 0 Å². The monoisotopic (exact) mass is 401 g/mol. The van der Waals surface area contributed by atoms with Gasteiger partial charge in [-0.1, -0.05) is 48.5 Å². The highest BCUT2D eigenvalue weighted by Gasteiger charge is 2.29. The summed E-state index contributed by atoms with van der Waals surface area (Å²) < 4.78 is 28.0. The highest BCUT2D eigenvalue weighted by Crippen LogP contribution is 2.14. The van der Waals surface area contributed by atoms with Crippen LogP contribution in [0.2, 0.25) is 0 Å². The molecular formula is C21H23NO5S. The van der Waals surface area contributed by atoms with E-state index in [-0.39, 0.29) is 11.5 Å². The second kappa shape index (κ2) is 9.01. The molecule has 1 aliphatic rings. The van der Waals surface area contributed by atoms with Crippen molar-refractivity contribution in [2.75, 3.05) is 18.1 Å². The Kier molecular flexibility index (Phi) is 6.46. The number of benzene rings is 2. The maximum absolute atomic E-state index is 12.4. The van der Waals surface area contributed by atoms with Crippen molar-refractivity contribution >= 4 is 21.7 Å². The molecule has 3 rings (SSSR count). The Morgan fingerprint density at radius 3 is 2.43 bits per heavy atom. The van der Waals surface area contributed by atoms with Gasteiger partial charge in [-0.3, -0.25) is 4.79 Å². The Morgan fingerprint density at radius 1 is 1.00 bits per heavy atom. The third-order valence-electron chi connectivity index (χ3n) is 4.70. The van der Waals surface area contributed by atoms with E-state index >= 15 is 0 Å². The van der Waals surface area contributed by atoms with Crippen LogP contribution in [0.25, 0.3) is 0 Å². The summed E-state index contributed by atoms with van der Waals surface area (Å²) in [5, 5.41) is 2.61. The van der Waals surface area contributed by atoms with Crippen LogP contribution < -0.4 is 5.32 Å². The van der Waals surface area contributed by atoms with E-state index in [1.54, 1.807) is 12.1 Å². The summed E-state index contributed by atoms with van der Waals surface area (Å²) in [5.41, 5.74) is 2.48. The van der Waals surface area contributed by atoms with E-state index in [0.717, 1.165) is 12.0 Å². The highest BCUT2D eigenvalue weighted by molar-refractivity contribution is 7.91. The molecule has 1 fully saturated rings. The molecule has 28 heavy (non-hydrogen) atoms. The molecule has 1 saturated heterocycles. The first-order valence-corrected chi connectivity index (χ1v) is 11.0. The topological polar surface area (TPSA) is 89.5 Å². The molecule has 0 aliphatic carbocycles. The van der Waals surface area contributed by atoms with Gasteiger partial charge in [0.1, 0.15) is 0 Å². The van der Waals surface area contributed by atoms with Gasteiger partial charge in [0.25, 0.3) is 5.91 Å². The van der Waals surface area contributed by atoms with Crippen molar-refractivity contribution < 1.29 is 22.7 Å². The van der Waals surface area contributed by atoms with E-state index in [4.69, 9.17) is 4.74 Å². The number of carbonyl (C=O) groups is 2. The van der Waals surface area contributed by atoms with Crippen LogP contribution in [0.15, 0.2) is 54.6 Å². The summed E-state index contributed by atoms with van der Waals surface area (Å²) in [5.74, 6) is -1.03. The molecule has 1 N–H and O–H groups in total. The van der Waals surface area contributed by atoms with Crippen LogP contribution in [0.5, 0.6) is 0 Å². The standard InChI is InChI=1S/C21H23NO5S/c23-20(22-18-12-13-28(25,26)15-18)14-27-21(24)19-9-5-4-8-17(19)11-10-16-6-2-1-3-7-16/h1-9,18H,10-15H2,(H,22,23). The average molecular weight is 401 g/mol. The molecule has 7 heteroatoms. The molecule has 1 atom stereocenters. The molecule has 148 valence electrons. The molecule has 6 nitrogen and oxygen atoms in total. The number of hydrogen-bond acceptors (Lipinski definition) is 5. The number of amides is 1. The van der Waals surface area contributed by atoms with E-state index in [2.05, 4.69) is 5.32 Å². The lowest BCUT2D eigenvalue weighted by atomic mass is 10.00. The van der Waals surface area contributed by atoms with E-state index in [0.29, 0.717) is 18.4 Å². The van der Waals surface area contributed by atoms with Crippen LogP contribution in [0.3, 0.4) is 0 Å². The van der Waals surface area contributed by atoms with Gasteiger partial charge in [-0.25, -0.2) is 13.2 Å². The fourth-order valence-electron chi connectivity index (χ4n) is 3.25. The molecule has 2 aromatic carbocycles. The molecule has 1 unspecified atom stereocenters. The summed E-state index contributed by atoms with van der Waals surface area (Å²) in [7, 11) is -3.07. The van der Waals surface area contributed by atoms with E-state index in [9.17, 15) is 18.0 Å². The minimum Gasteiger partial charge on any atom is -0.452 e. The van der Waals surface area contributed by atoms with Gasteiger partial charge in [-0.15, -0.1) is 0 Å². The van der Waals surface area contributed by atoms with Crippen LogP contribution in [0, 0.1) is 0 Å². The second-order valence-electron chi connectivity index (χ2n) is 6.89. The molecule has 1 heterocycles. The molecule has 1 aliphatic heterocycles. The van der Waals surface area contributed by atoms with E-state index < -0.39 is 34.4 Å². The predicted molar refractivity (Wildman–Crippen MR) is 106 cm³/mol. The Morgan fingerprint density at radius 2 is 1.71 bits per heavy atom. The molecule has 0 bridgehead atoms. The van der Waals surface area contributed by atoms with E-state index in [1.807, 2.05) is 42.5 Å². The lowest BCUT2D eigenvalue weighted by molar-refractivity contribution is -0.124. The van der Waals surface area contributed by atoms with Gasteiger partial charge in [-0.05, 0) is 36.5 Å². The molecule has 0 spiro atoms. The molecular weight excluding hydrogens is 378 g/mol. The minimum absolute atomic E-state index is 0.0605. The zero-order valence-electron chi connectivity index (χ0n) is 15.5. The van der Waals surface area contributed by atoms with Crippen LogP contribution in [0.4, 0.5) is 0 Å². The third kappa shape index (κ3) is 5.66. The number of rotatable bonds is 7. The Balaban J connectivity index is 1.53. The first-order valence-electron chi connectivity index (χ1n) is 9.22. The van der Waals surface area contributed by atoms with Crippen molar-refractivity contribution in [3.63, 3.8) is 0 Å². The SMILES string of the molecule is O=C(COC(=O)c1ccccc1CCc1ccccc1)NC1CCS(=O)(=O)C1. The predicted octanol–water partition coefficient (Wildman–Crippen LogP) is 1.93. The fraction of sp³-hybridized carbons (Fsp3) is 0.333. The number of ether oxygens (including phenoxy) is 1. The second-order valence-corrected chi connectivity index (χ2v) is 9.12. The summed E-state index contributed by atoms with van der Waals surface area (Å²) in [4.78, 5) is 24.4. The number of carbonyl (C=O) groups excluding carboxylic acids is 2. The number of hydrogen-bond donors (Lipinski definition) is 1. The number of aryl methyl sites for hydroxylation is 2. The number of nitrogens with one attached hydrogen (secondary N) is 1. The first kappa shape index (κ1) is 20.1. The van der Waals surface area contributed by atoms with Crippen molar-refractivity contribution in [1.29, 1.82) is 0 Å². The molecule has 0 saturated carbocycles. The number of esters is 1. The first-order chi connectivity index (χ1) is 13.4. The van der Waals surface area contributed by atoms with Gasteiger partial charge in [0.15, 0.2) is 16.4 Å². The van der Waals surface area contributed by atoms with Crippen molar-refractivity contribution in [2.24, 2.45) is 0 Å². The van der Waals surface area contributed by atoms with E-state index in [1.165, 1.54) is 5.56 Å². The Bertz CT molecular complexity index is 940. The zero-order valence-corrected chi connectivity index (χ0v) is 16.3. The van der Waals surface area contributed by atoms with Crippen molar-refractivity contribution in [3.05, 3.63) is 71.3 Å². The summed E-state index contributed by atoms with van der Waals surface area (Å²) in [6.07, 6.45) is 1.87. The van der Waals surface area contributed by atoms with Crippen LogP contribution in [-0.2, 0) is 32.2 Å². The average Bonchev–Trinajstić information content (AvgIpc) is 3.03. The summed E-state index contributed by atoms with van der Waals surface area (Å²) in [6.45, 7) is -0.428. The van der Waals surface area contributed by atoms with Gasteiger partial charge >= 0.3 is 5.97 Å². The molecule has 0 radical (unpaired) electrons. The minimum atomic E-state index is -3.07. The zero-order chi connectivity index (χ0) is 20.0. The van der Waals surface area contributed by atoms with Gasteiger partial charge in [0.05, 0.1) is 17.1 Å². The van der Waals surface area contributed by atoms with Gasteiger partial charge in [0, 0.05) is 6.04 Å². The third-order valence-corrected chi connectivity index (χ3v) is 6.46. The summed E-state index contributed by atoms with van der Waals surface area (Å²) >= 11 is 0. The van der Waals surface area contributed by atoms with Gasteiger partial charge in [0.2, 0.25) is 0 Å². The van der Waals surface area contributed by atoms with Crippen LogP contribution in [-0.4, -0.2) is 44.4 Å². The maximum Gasteiger partial charge on any atom is 0.338 e. The molecule has 0 aromatic heterocycles. The Labute approximate surface area is 164 Å². The van der Waals surface area contributed by atoms with Crippen molar-refractivity contribution in [1.82, 2.24) is 5.32 Å². The molecule has 2 aromatic rings. The van der Waals surface area contributed by atoms with Gasteiger partial charge in [-0.2, -0.15) is 0 Å². The normalized spacial score (nSPS) is 17.8. The molecule has 1 amide bonds. The largest absolute Gasteiger partial charge is 0.452 e. The highest BCUT2D eigenvalue weighted by atomic mass is 32.2.